The zero-order valence-corrected chi connectivity index (χ0v) is 12.2. The number of nitrogens with zero attached hydrogens (tertiary/aromatic N) is 1. The van der Waals surface area contributed by atoms with Gasteiger partial charge in [-0.15, -0.1) is 0 Å². The van der Waals surface area contributed by atoms with E-state index in [-0.39, 0.29) is 5.91 Å². The molecule has 5 heteroatoms. The monoisotopic (exact) mass is 303 g/mol. The normalized spacial score (nSPS) is 10.2. The van der Waals surface area contributed by atoms with Crippen molar-refractivity contribution < 1.29 is 14.7 Å². The largest absolute Gasteiger partial charge is 0.480 e. The van der Waals surface area contributed by atoms with E-state index in [0.717, 1.165) is 5.56 Å². The molecule has 0 fully saturated rings. The number of hydrogen-bond acceptors (Lipinski definition) is 2. The third kappa shape index (κ3) is 3.61. The van der Waals surface area contributed by atoms with Gasteiger partial charge in [-0.1, -0.05) is 35.9 Å². The molecule has 0 bridgehead atoms. The lowest BCUT2D eigenvalue weighted by Crippen LogP contribution is -2.36. The summed E-state index contributed by atoms with van der Waals surface area (Å²) in [5, 5.41) is 9.50. The molecule has 0 unspecified atom stereocenters. The number of halogens is 1. The fourth-order valence-electron chi connectivity index (χ4n) is 2.02. The molecule has 0 aliphatic heterocycles. The molecule has 2 aromatic carbocycles. The number of carboxylic acids is 1. The maximum absolute atomic E-state index is 12.6. The van der Waals surface area contributed by atoms with Crippen molar-refractivity contribution in [1.82, 2.24) is 0 Å². The second-order valence-corrected chi connectivity index (χ2v) is 5.02. The lowest BCUT2D eigenvalue weighted by molar-refractivity contribution is -0.135. The zero-order valence-electron chi connectivity index (χ0n) is 11.4. The van der Waals surface area contributed by atoms with E-state index < -0.39 is 12.5 Å². The summed E-state index contributed by atoms with van der Waals surface area (Å²) in [4.78, 5) is 24.9. The number of aliphatic carboxylic acids is 1. The highest BCUT2D eigenvalue weighted by Crippen LogP contribution is 2.22. The first-order valence-electron chi connectivity index (χ1n) is 6.34. The van der Waals surface area contributed by atoms with E-state index in [4.69, 9.17) is 16.7 Å². The Morgan fingerprint density at radius 2 is 1.86 bits per heavy atom. The second-order valence-electron chi connectivity index (χ2n) is 4.58. The molecule has 0 atom stereocenters. The van der Waals surface area contributed by atoms with E-state index in [9.17, 15) is 9.59 Å². The van der Waals surface area contributed by atoms with Crippen LogP contribution in [-0.2, 0) is 4.79 Å². The number of carbonyl (C=O) groups excluding carboxylic acids is 1. The SMILES string of the molecule is Cc1ccccc1C(=O)N(CC(=O)O)c1cccc(Cl)c1. The quantitative estimate of drug-likeness (QED) is 0.942. The van der Waals surface area contributed by atoms with Gasteiger partial charge in [0, 0.05) is 16.3 Å². The molecule has 1 amide bonds. The van der Waals surface area contributed by atoms with E-state index in [2.05, 4.69) is 0 Å². The van der Waals surface area contributed by atoms with Gasteiger partial charge in [-0.05, 0) is 36.8 Å². The minimum atomic E-state index is -1.09. The third-order valence-electron chi connectivity index (χ3n) is 3.03. The van der Waals surface area contributed by atoms with Crippen molar-refractivity contribution in [1.29, 1.82) is 0 Å². The van der Waals surface area contributed by atoms with Crippen LogP contribution in [0.25, 0.3) is 0 Å². The van der Waals surface area contributed by atoms with Crippen LogP contribution in [0.2, 0.25) is 5.02 Å². The van der Waals surface area contributed by atoms with Crippen molar-refractivity contribution in [3.05, 3.63) is 64.7 Å². The van der Waals surface area contributed by atoms with Crippen molar-refractivity contribution in [3.8, 4) is 0 Å². The van der Waals surface area contributed by atoms with E-state index in [1.807, 2.05) is 19.1 Å². The number of aryl methyl sites for hydroxylation is 1. The first-order valence-corrected chi connectivity index (χ1v) is 6.71. The van der Waals surface area contributed by atoms with E-state index in [1.165, 1.54) is 4.90 Å². The first-order chi connectivity index (χ1) is 9.99. The van der Waals surface area contributed by atoms with Gasteiger partial charge in [-0.25, -0.2) is 0 Å². The number of hydrogen-bond donors (Lipinski definition) is 1. The molecule has 4 nitrogen and oxygen atoms in total. The summed E-state index contributed by atoms with van der Waals surface area (Å²) in [7, 11) is 0. The van der Waals surface area contributed by atoms with Crippen LogP contribution < -0.4 is 4.90 Å². The fourth-order valence-corrected chi connectivity index (χ4v) is 2.20. The summed E-state index contributed by atoms with van der Waals surface area (Å²) in [6, 6.07) is 13.6. The molecule has 0 aromatic heterocycles. The highest BCUT2D eigenvalue weighted by Gasteiger charge is 2.21. The zero-order chi connectivity index (χ0) is 15.4. The average Bonchev–Trinajstić information content (AvgIpc) is 2.44. The van der Waals surface area contributed by atoms with Gasteiger partial charge in [0.05, 0.1) is 0 Å². The van der Waals surface area contributed by atoms with Gasteiger partial charge in [-0.3, -0.25) is 14.5 Å². The molecule has 0 saturated heterocycles. The van der Waals surface area contributed by atoms with Crippen LogP contribution >= 0.6 is 11.6 Å². The van der Waals surface area contributed by atoms with E-state index in [0.29, 0.717) is 16.3 Å². The van der Waals surface area contributed by atoms with Gasteiger partial charge in [-0.2, -0.15) is 0 Å². The lowest BCUT2D eigenvalue weighted by Gasteiger charge is -2.22. The van der Waals surface area contributed by atoms with Crippen LogP contribution in [0, 0.1) is 6.92 Å². The summed E-state index contributed by atoms with van der Waals surface area (Å²) >= 11 is 5.92. The molecule has 0 aliphatic rings. The summed E-state index contributed by atoms with van der Waals surface area (Å²) in [5.74, 6) is -1.45. The molecule has 0 spiro atoms. The van der Waals surface area contributed by atoms with Gasteiger partial charge < -0.3 is 5.11 Å². The number of amides is 1. The van der Waals surface area contributed by atoms with Crippen molar-refractivity contribution in [3.63, 3.8) is 0 Å². The molecular formula is C16H14ClNO3. The number of anilines is 1. The molecule has 0 heterocycles. The Balaban J connectivity index is 2.43. The summed E-state index contributed by atoms with van der Waals surface area (Å²) < 4.78 is 0. The van der Waals surface area contributed by atoms with Crippen LogP contribution in [0.5, 0.6) is 0 Å². The highest BCUT2D eigenvalue weighted by molar-refractivity contribution is 6.31. The molecule has 2 aromatic rings. The predicted octanol–water partition coefficient (Wildman–Crippen LogP) is 3.38. The smallest absolute Gasteiger partial charge is 0.323 e. The Hall–Kier alpha value is -2.33. The molecule has 0 radical (unpaired) electrons. The van der Waals surface area contributed by atoms with Crippen LogP contribution in [-0.4, -0.2) is 23.5 Å². The van der Waals surface area contributed by atoms with Gasteiger partial charge in [0.2, 0.25) is 0 Å². The molecule has 0 saturated carbocycles. The fraction of sp³-hybridized carbons (Fsp3) is 0.125. The van der Waals surface area contributed by atoms with Crippen molar-refractivity contribution in [2.45, 2.75) is 6.92 Å². The Morgan fingerprint density at radius 3 is 2.48 bits per heavy atom. The van der Waals surface area contributed by atoms with Crippen LogP contribution in [0.15, 0.2) is 48.5 Å². The molecule has 21 heavy (non-hydrogen) atoms. The maximum atomic E-state index is 12.6. The molecule has 108 valence electrons. The summed E-state index contributed by atoms with van der Waals surface area (Å²) in [6.07, 6.45) is 0. The van der Waals surface area contributed by atoms with Crippen LogP contribution in [0.1, 0.15) is 15.9 Å². The highest BCUT2D eigenvalue weighted by atomic mass is 35.5. The molecule has 1 N–H and O–H groups in total. The second kappa shape index (κ2) is 6.41. The third-order valence-corrected chi connectivity index (χ3v) is 3.27. The Morgan fingerprint density at radius 1 is 1.14 bits per heavy atom. The van der Waals surface area contributed by atoms with Gasteiger partial charge in [0.25, 0.3) is 5.91 Å². The topological polar surface area (TPSA) is 57.6 Å². The van der Waals surface area contributed by atoms with E-state index in [1.54, 1.807) is 36.4 Å². The maximum Gasteiger partial charge on any atom is 0.323 e. The number of benzene rings is 2. The minimum Gasteiger partial charge on any atom is -0.480 e. The number of carbonyl (C=O) groups is 2. The Bertz CT molecular complexity index is 685. The van der Waals surface area contributed by atoms with Crippen LogP contribution in [0.3, 0.4) is 0 Å². The average molecular weight is 304 g/mol. The van der Waals surface area contributed by atoms with E-state index >= 15 is 0 Å². The standard InChI is InChI=1S/C16H14ClNO3/c1-11-5-2-3-8-14(11)16(21)18(10-15(19)20)13-7-4-6-12(17)9-13/h2-9H,10H2,1H3,(H,19,20). The molecule has 0 aliphatic carbocycles. The first kappa shape index (κ1) is 15.1. The number of carboxylic acid groups (broad SMARTS) is 1. The van der Waals surface area contributed by atoms with Gasteiger partial charge in [0.1, 0.15) is 6.54 Å². The Labute approximate surface area is 127 Å². The van der Waals surface area contributed by atoms with Crippen molar-refractivity contribution in [2.24, 2.45) is 0 Å². The Kier molecular flexibility index (Phi) is 4.60. The predicted molar refractivity (Wildman–Crippen MR) is 81.9 cm³/mol. The molecule has 2 rings (SSSR count). The summed E-state index contributed by atoms with van der Waals surface area (Å²) in [6.45, 7) is 1.39. The van der Waals surface area contributed by atoms with Gasteiger partial charge in [0.15, 0.2) is 0 Å². The van der Waals surface area contributed by atoms with Crippen LogP contribution in [0.4, 0.5) is 5.69 Å². The molecular weight excluding hydrogens is 290 g/mol. The lowest BCUT2D eigenvalue weighted by atomic mass is 10.1. The summed E-state index contributed by atoms with van der Waals surface area (Å²) in [5.41, 5.74) is 1.72. The number of rotatable bonds is 4. The van der Waals surface area contributed by atoms with Gasteiger partial charge >= 0.3 is 5.97 Å². The van der Waals surface area contributed by atoms with Crippen molar-refractivity contribution >= 4 is 29.2 Å². The minimum absolute atomic E-state index is 0.363. The van der Waals surface area contributed by atoms with Crippen molar-refractivity contribution in [2.75, 3.05) is 11.4 Å².